The van der Waals surface area contributed by atoms with Crippen LogP contribution >= 0.6 is 0 Å². The SMILES string of the molecule is COC(=O)C1(NC(C)C)CCC(N2CC(C)CC(C)C2)C1. The molecule has 4 heteroatoms. The van der Waals surface area contributed by atoms with Crippen LogP contribution in [0.25, 0.3) is 0 Å². The van der Waals surface area contributed by atoms with E-state index in [9.17, 15) is 4.79 Å². The van der Waals surface area contributed by atoms with Crippen LogP contribution < -0.4 is 5.32 Å². The fourth-order valence-electron chi connectivity index (χ4n) is 4.46. The molecule has 4 atom stereocenters. The van der Waals surface area contributed by atoms with Crippen LogP contribution in [0.2, 0.25) is 0 Å². The lowest BCUT2D eigenvalue weighted by atomic mass is 9.90. The molecule has 2 aliphatic rings. The van der Waals surface area contributed by atoms with Gasteiger partial charge in [-0.2, -0.15) is 0 Å². The number of carbonyl (C=O) groups is 1. The summed E-state index contributed by atoms with van der Waals surface area (Å²) in [5.74, 6) is 1.44. The fraction of sp³-hybridized carbons (Fsp3) is 0.941. The number of methoxy groups -OCH3 is 1. The molecule has 1 aliphatic carbocycles. The molecular weight excluding hydrogens is 264 g/mol. The summed E-state index contributed by atoms with van der Waals surface area (Å²) in [6, 6.07) is 0.808. The predicted octanol–water partition coefficient (Wildman–Crippen LogP) is 2.43. The van der Waals surface area contributed by atoms with Crippen molar-refractivity contribution < 1.29 is 9.53 Å². The summed E-state index contributed by atoms with van der Waals surface area (Å²) in [5.41, 5.74) is -0.475. The average molecular weight is 296 g/mol. The van der Waals surface area contributed by atoms with Crippen LogP contribution in [-0.2, 0) is 9.53 Å². The van der Waals surface area contributed by atoms with Crippen LogP contribution in [0.5, 0.6) is 0 Å². The summed E-state index contributed by atoms with van der Waals surface area (Å²) in [7, 11) is 1.50. The number of hydrogen-bond acceptors (Lipinski definition) is 4. The van der Waals surface area contributed by atoms with Gasteiger partial charge in [-0.3, -0.25) is 15.0 Å². The largest absolute Gasteiger partial charge is 0.468 e. The van der Waals surface area contributed by atoms with Gasteiger partial charge in [0, 0.05) is 25.2 Å². The second-order valence-electron chi connectivity index (χ2n) is 7.67. The number of rotatable bonds is 4. The zero-order valence-corrected chi connectivity index (χ0v) is 14.3. The molecule has 1 saturated carbocycles. The van der Waals surface area contributed by atoms with Gasteiger partial charge in [-0.25, -0.2) is 0 Å². The summed E-state index contributed by atoms with van der Waals surface area (Å²) in [6.07, 6.45) is 4.20. The van der Waals surface area contributed by atoms with E-state index in [2.05, 4.69) is 37.9 Å². The van der Waals surface area contributed by atoms with E-state index in [0.29, 0.717) is 12.1 Å². The minimum absolute atomic E-state index is 0.0863. The Labute approximate surface area is 129 Å². The Kier molecular flexibility index (Phi) is 5.31. The van der Waals surface area contributed by atoms with Gasteiger partial charge in [0.05, 0.1) is 7.11 Å². The smallest absolute Gasteiger partial charge is 0.326 e. The van der Waals surface area contributed by atoms with Gasteiger partial charge in [-0.1, -0.05) is 13.8 Å². The van der Waals surface area contributed by atoms with E-state index < -0.39 is 5.54 Å². The highest BCUT2D eigenvalue weighted by Crippen LogP contribution is 2.37. The second-order valence-corrected chi connectivity index (χ2v) is 7.67. The normalized spacial score (nSPS) is 37.9. The molecule has 0 amide bonds. The highest BCUT2D eigenvalue weighted by molar-refractivity contribution is 5.81. The van der Waals surface area contributed by atoms with Gasteiger partial charge in [-0.15, -0.1) is 0 Å². The maximum absolute atomic E-state index is 12.3. The van der Waals surface area contributed by atoms with Gasteiger partial charge in [0.2, 0.25) is 0 Å². The number of nitrogens with one attached hydrogen (secondary N) is 1. The highest BCUT2D eigenvalue weighted by atomic mass is 16.5. The van der Waals surface area contributed by atoms with Crippen LogP contribution in [0.3, 0.4) is 0 Å². The minimum Gasteiger partial charge on any atom is -0.468 e. The second kappa shape index (κ2) is 6.66. The molecule has 0 aromatic carbocycles. The fourth-order valence-corrected chi connectivity index (χ4v) is 4.46. The maximum atomic E-state index is 12.3. The number of esters is 1. The third-order valence-corrected chi connectivity index (χ3v) is 5.04. The van der Waals surface area contributed by atoms with Crippen LogP contribution in [0.1, 0.15) is 53.4 Å². The molecule has 1 saturated heterocycles. The molecule has 2 rings (SSSR count). The summed E-state index contributed by atoms with van der Waals surface area (Å²) in [4.78, 5) is 14.9. The Morgan fingerprint density at radius 3 is 2.43 bits per heavy atom. The van der Waals surface area contributed by atoms with E-state index >= 15 is 0 Å². The molecule has 1 aliphatic heterocycles. The molecular formula is C17H32N2O2. The molecule has 4 nitrogen and oxygen atoms in total. The van der Waals surface area contributed by atoms with Crippen molar-refractivity contribution in [3.8, 4) is 0 Å². The molecule has 1 N–H and O–H groups in total. The Hall–Kier alpha value is -0.610. The molecule has 21 heavy (non-hydrogen) atoms. The van der Waals surface area contributed by atoms with Crippen molar-refractivity contribution in [1.82, 2.24) is 10.2 Å². The molecule has 4 unspecified atom stereocenters. The first kappa shape index (κ1) is 16.8. The Balaban J connectivity index is 2.07. The molecule has 122 valence electrons. The monoisotopic (exact) mass is 296 g/mol. The number of nitrogens with zero attached hydrogens (tertiary/aromatic N) is 1. The van der Waals surface area contributed by atoms with Gasteiger partial charge >= 0.3 is 5.97 Å². The lowest BCUT2D eigenvalue weighted by molar-refractivity contribution is -0.149. The van der Waals surface area contributed by atoms with Crippen molar-refractivity contribution >= 4 is 5.97 Å². The van der Waals surface area contributed by atoms with E-state index in [1.807, 2.05) is 0 Å². The van der Waals surface area contributed by atoms with E-state index in [1.54, 1.807) is 0 Å². The van der Waals surface area contributed by atoms with E-state index in [0.717, 1.165) is 31.1 Å². The van der Waals surface area contributed by atoms with Gasteiger partial charge in [0.1, 0.15) is 5.54 Å². The zero-order valence-electron chi connectivity index (χ0n) is 14.3. The quantitative estimate of drug-likeness (QED) is 0.809. The van der Waals surface area contributed by atoms with Gasteiger partial charge in [0.25, 0.3) is 0 Å². The lowest BCUT2D eigenvalue weighted by Gasteiger charge is -2.39. The van der Waals surface area contributed by atoms with Crippen molar-refractivity contribution in [3.63, 3.8) is 0 Å². The van der Waals surface area contributed by atoms with Crippen LogP contribution in [0.15, 0.2) is 0 Å². The number of likely N-dealkylation sites (tertiary alicyclic amines) is 1. The summed E-state index contributed by atoms with van der Waals surface area (Å²) < 4.78 is 5.10. The molecule has 2 fully saturated rings. The third kappa shape index (κ3) is 3.78. The summed E-state index contributed by atoms with van der Waals surface area (Å²) in [6.45, 7) is 11.2. The number of piperidine rings is 1. The topological polar surface area (TPSA) is 41.6 Å². The predicted molar refractivity (Wildman–Crippen MR) is 85.2 cm³/mol. The molecule has 1 heterocycles. The Morgan fingerprint density at radius 1 is 1.29 bits per heavy atom. The molecule has 0 spiro atoms. The van der Waals surface area contributed by atoms with Crippen molar-refractivity contribution in [2.24, 2.45) is 11.8 Å². The Bertz CT molecular complexity index is 362. The van der Waals surface area contributed by atoms with E-state index in [-0.39, 0.29) is 5.97 Å². The average Bonchev–Trinajstić information content (AvgIpc) is 2.81. The third-order valence-electron chi connectivity index (χ3n) is 5.04. The van der Waals surface area contributed by atoms with Crippen molar-refractivity contribution in [3.05, 3.63) is 0 Å². The van der Waals surface area contributed by atoms with Gasteiger partial charge in [0.15, 0.2) is 0 Å². The lowest BCUT2D eigenvalue weighted by Crippen LogP contribution is -2.55. The Morgan fingerprint density at radius 2 is 1.90 bits per heavy atom. The summed E-state index contributed by atoms with van der Waals surface area (Å²) in [5, 5.41) is 3.50. The van der Waals surface area contributed by atoms with Crippen LogP contribution in [-0.4, -0.2) is 48.7 Å². The van der Waals surface area contributed by atoms with Crippen molar-refractivity contribution in [2.75, 3.05) is 20.2 Å². The number of ether oxygens (including phenoxy) is 1. The highest BCUT2D eigenvalue weighted by Gasteiger charge is 2.48. The van der Waals surface area contributed by atoms with Crippen molar-refractivity contribution in [2.45, 2.75) is 71.0 Å². The number of hydrogen-bond donors (Lipinski definition) is 1. The molecule has 0 aromatic rings. The molecule has 0 aromatic heterocycles. The minimum atomic E-state index is -0.475. The zero-order chi connectivity index (χ0) is 15.6. The number of carbonyl (C=O) groups excluding carboxylic acids is 1. The van der Waals surface area contributed by atoms with Crippen molar-refractivity contribution in [1.29, 1.82) is 0 Å². The van der Waals surface area contributed by atoms with E-state index in [1.165, 1.54) is 26.6 Å². The van der Waals surface area contributed by atoms with Crippen LogP contribution in [0, 0.1) is 11.8 Å². The first-order valence-corrected chi connectivity index (χ1v) is 8.46. The van der Waals surface area contributed by atoms with Gasteiger partial charge < -0.3 is 4.74 Å². The van der Waals surface area contributed by atoms with Crippen LogP contribution in [0.4, 0.5) is 0 Å². The standard InChI is InChI=1S/C17H32N2O2/c1-12(2)18-17(16(20)21-5)7-6-15(9-17)19-10-13(3)8-14(4)11-19/h12-15,18H,6-11H2,1-5H3. The summed E-state index contributed by atoms with van der Waals surface area (Å²) >= 11 is 0. The maximum Gasteiger partial charge on any atom is 0.326 e. The molecule has 0 bridgehead atoms. The first-order valence-electron chi connectivity index (χ1n) is 8.46. The van der Waals surface area contributed by atoms with Gasteiger partial charge in [-0.05, 0) is 51.4 Å². The van der Waals surface area contributed by atoms with E-state index in [4.69, 9.17) is 4.74 Å². The first-order chi connectivity index (χ1) is 9.86. The molecule has 0 radical (unpaired) electrons.